The Morgan fingerprint density at radius 3 is 2.21 bits per heavy atom. The van der Waals surface area contributed by atoms with Crippen molar-refractivity contribution in [3.63, 3.8) is 0 Å². The average molecular weight is 549 g/mol. The number of hydroxylamine groups is 1. The van der Waals surface area contributed by atoms with E-state index in [4.69, 9.17) is 9.57 Å². The number of carbonyl (C=O) groups is 2. The number of nitrogens with zero attached hydrogens (tertiary/aromatic N) is 1. The van der Waals surface area contributed by atoms with Gasteiger partial charge in [-0.15, -0.1) is 0 Å². The molecular formula is C28H24F5NO5. The van der Waals surface area contributed by atoms with Crippen LogP contribution in [0, 0.1) is 46.3 Å². The minimum atomic E-state index is -2.30. The normalized spacial score (nSPS) is 37.3. The van der Waals surface area contributed by atoms with Crippen LogP contribution < -0.4 is 5.06 Å². The molecule has 2 aliphatic carbocycles. The molecule has 0 bridgehead atoms. The summed E-state index contributed by atoms with van der Waals surface area (Å²) in [6.07, 6.45) is 1.53. The number of para-hydroxylation sites is 1. The molecule has 0 amide bonds. The number of carbonyl (C=O) groups excluding carboxylic acids is 2. The van der Waals surface area contributed by atoms with Crippen LogP contribution >= 0.6 is 0 Å². The molecule has 0 radical (unpaired) electrons. The van der Waals surface area contributed by atoms with Gasteiger partial charge in [0.2, 0.25) is 11.4 Å². The number of esters is 1. The Morgan fingerprint density at radius 1 is 0.949 bits per heavy atom. The van der Waals surface area contributed by atoms with Crippen LogP contribution in [0.25, 0.3) is 0 Å². The quantitative estimate of drug-likeness (QED) is 0.250. The molecule has 2 aromatic rings. The van der Waals surface area contributed by atoms with Crippen molar-refractivity contribution in [2.45, 2.75) is 56.5 Å². The maximum absolute atomic E-state index is 15.1. The van der Waals surface area contributed by atoms with E-state index in [1.165, 1.54) is 31.2 Å². The number of hydrogen-bond acceptors (Lipinski definition) is 6. The average Bonchev–Trinajstić information content (AvgIpc) is 3.51. The lowest BCUT2D eigenvalue weighted by atomic mass is 9.63. The van der Waals surface area contributed by atoms with Gasteiger partial charge >= 0.3 is 5.97 Å². The van der Waals surface area contributed by atoms with Crippen LogP contribution in [0.4, 0.5) is 27.6 Å². The van der Waals surface area contributed by atoms with Crippen molar-refractivity contribution in [2.24, 2.45) is 17.3 Å². The third-order valence-corrected chi connectivity index (χ3v) is 9.24. The molecule has 1 N–H and O–H groups in total. The van der Waals surface area contributed by atoms with Crippen molar-refractivity contribution in [3.8, 4) is 0 Å². The van der Waals surface area contributed by atoms with Crippen molar-refractivity contribution in [1.29, 1.82) is 0 Å². The van der Waals surface area contributed by atoms with Crippen molar-refractivity contribution >= 4 is 17.4 Å². The number of ketones is 1. The van der Waals surface area contributed by atoms with Crippen LogP contribution in [0.5, 0.6) is 0 Å². The highest BCUT2D eigenvalue weighted by Gasteiger charge is 2.74. The van der Waals surface area contributed by atoms with E-state index in [1.807, 2.05) is 0 Å². The van der Waals surface area contributed by atoms with Gasteiger partial charge in [-0.25, -0.2) is 31.8 Å². The number of fused-ring (bicyclic) bond motifs is 4. The summed E-state index contributed by atoms with van der Waals surface area (Å²) in [5.74, 6) is -13.3. The van der Waals surface area contributed by atoms with Gasteiger partial charge in [-0.1, -0.05) is 25.1 Å². The minimum Gasteiger partial charge on any atom is -0.459 e. The Balaban J connectivity index is 1.52. The standard InChI is InChI=1S/C28H24F5NO5/c1-13-8-9-15-24(26(2)17(35)10-11-28(13,26)37)38-25(36)27(15)12-16(34(39-27)14-6-4-3-5-7-14)18-19(29)21(31)23(33)22(32)20(18)30/h3-7,10-11,13,15-16,24,37H,8-9,12H2,1-2H3/t13-,15+,16+,24+,26-,27?,28+/m0/s1. The van der Waals surface area contributed by atoms with Gasteiger partial charge in [0.25, 0.3) is 0 Å². The van der Waals surface area contributed by atoms with Crippen LogP contribution in [-0.4, -0.2) is 34.2 Å². The molecular weight excluding hydrogens is 525 g/mol. The van der Waals surface area contributed by atoms with Gasteiger partial charge in [0.15, 0.2) is 29.1 Å². The smallest absolute Gasteiger partial charge is 0.342 e. The Labute approximate surface area is 220 Å². The number of allylic oxidation sites excluding steroid dienone is 1. The second kappa shape index (κ2) is 8.34. The first kappa shape index (κ1) is 25.9. The van der Waals surface area contributed by atoms with Crippen molar-refractivity contribution in [1.82, 2.24) is 0 Å². The summed E-state index contributed by atoms with van der Waals surface area (Å²) >= 11 is 0. The summed E-state index contributed by atoms with van der Waals surface area (Å²) in [5.41, 5.74) is -6.08. The fourth-order valence-corrected chi connectivity index (χ4v) is 6.97. The second-order valence-electron chi connectivity index (χ2n) is 11.0. The van der Waals surface area contributed by atoms with E-state index >= 15 is 8.78 Å². The maximum atomic E-state index is 15.1. The Morgan fingerprint density at radius 2 is 1.56 bits per heavy atom. The van der Waals surface area contributed by atoms with Crippen molar-refractivity contribution < 1.29 is 46.2 Å². The molecule has 2 heterocycles. The number of aliphatic hydroxyl groups is 1. The van der Waals surface area contributed by atoms with Crippen LogP contribution in [0.2, 0.25) is 0 Å². The maximum Gasteiger partial charge on any atom is 0.342 e. The number of anilines is 1. The summed E-state index contributed by atoms with van der Waals surface area (Å²) < 4.78 is 78.5. The zero-order valence-corrected chi connectivity index (χ0v) is 20.9. The fourth-order valence-electron chi connectivity index (χ4n) is 6.97. The molecule has 39 heavy (non-hydrogen) atoms. The predicted octanol–water partition coefficient (Wildman–Crippen LogP) is 4.85. The Kier molecular flexibility index (Phi) is 5.55. The van der Waals surface area contributed by atoms with Gasteiger partial charge < -0.3 is 9.84 Å². The van der Waals surface area contributed by atoms with E-state index in [0.717, 1.165) is 5.06 Å². The molecule has 7 atom stereocenters. The van der Waals surface area contributed by atoms with Gasteiger partial charge in [0.1, 0.15) is 11.7 Å². The molecule has 6 nitrogen and oxygen atoms in total. The van der Waals surface area contributed by atoms with Gasteiger partial charge in [-0.05, 0) is 50.0 Å². The minimum absolute atomic E-state index is 0.197. The summed E-state index contributed by atoms with van der Waals surface area (Å²) in [5, 5.41) is 12.6. The number of hydrogen-bond donors (Lipinski definition) is 1. The van der Waals surface area contributed by atoms with Crippen LogP contribution in [-0.2, 0) is 19.2 Å². The molecule has 2 aliphatic heterocycles. The molecule has 6 rings (SSSR count). The molecule has 2 saturated heterocycles. The van der Waals surface area contributed by atoms with Crippen LogP contribution in [0.3, 0.4) is 0 Å². The number of rotatable bonds is 2. The molecule has 3 fully saturated rings. The largest absolute Gasteiger partial charge is 0.459 e. The van der Waals surface area contributed by atoms with Gasteiger partial charge in [-0.3, -0.25) is 9.63 Å². The molecule has 2 aromatic carbocycles. The van der Waals surface area contributed by atoms with Crippen molar-refractivity contribution in [3.05, 3.63) is 77.1 Å². The first-order chi connectivity index (χ1) is 18.4. The third-order valence-electron chi connectivity index (χ3n) is 9.24. The molecule has 4 aliphatic rings. The molecule has 206 valence electrons. The van der Waals surface area contributed by atoms with Crippen LogP contribution in [0.1, 0.15) is 44.7 Å². The highest BCUT2D eigenvalue weighted by atomic mass is 19.2. The zero-order valence-electron chi connectivity index (χ0n) is 20.9. The van der Waals surface area contributed by atoms with E-state index in [2.05, 4.69) is 0 Å². The Bertz CT molecular complexity index is 1410. The van der Waals surface area contributed by atoms with E-state index in [-0.39, 0.29) is 12.1 Å². The summed E-state index contributed by atoms with van der Waals surface area (Å²) in [6, 6.07) is 6.17. The monoisotopic (exact) mass is 549 g/mol. The van der Waals surface area contributed by atoms with Crippen molar-refractivity contribution in [2.75, 3.05) is 5.06 Å². The number of ether oxygens (including phenoxy) is 1. The first-order valence-corrected chi connectivity index (χ1v) is 12.6. The fraction of sp³-hybridized carbons (Fsp3) is 0.429. The van der Waals surface area contributed by atoms with Gasteiger partial charge in [-0.2, -0.15) is 0 Å². The van der Waals surface area contributed by atoms with E-state index < -0.39 is 93.4 Å². The van der Waals surface area contributed by atoms with Gasteiger partial charge in [0, 0.05) is 12.3 Å². The molecule has 1 spiro atoms. The second-order valence-corrected chi connectivity index (χ2v) is 11.0. The summed E-state index contributed by atoms with van der Waals surface area (Å²) in [4.78, 5) is 33.0. The SMILES string of the molecule is C[C@H]1CC[C@@H]2[C@@H](OC(=O)C23C[C@H](c2c(F)c(F)c(F)c(F)c2F)N(c2ccccc2)O3)[C@]2(C)C(=O)C=C[C@@]12O. The lowest BCUT2D eigenvalue weighted by Gasteiger charge is -2.43. The molecule has 11 heteroatoms. The van der Waals surface area contributed by atoms with E-state index in [0.29, 0.717) is 6.42 Å². The predicted molar refractivity (Wildman–Crippen MR) is 125 cm³/mol. The number of benzene rings is 2. The zero-order chi connectivity index (χ0) is 28.1. The lowest BCUT2D eigenvalue weighted by molar-refractivity contribution is -0.169. The highest BCUT2D eigenvalue weighted by molar-refractivity contribution is 6.00. The molecule has 0 aromatic heterocycles. The first-order valence-electron chi connectivity index (χ1n) is 12.6. The summed E-state index contributed by atoms with van der Waals surface area (Å²) in [6.45, 7) is 3.27. The van der Waals surface area contributed by atoms with Gasteiger partial charge in [0.05, 0.1) is 22.7 Å². The number of halogens is 5. The molecule has 1 saturated carbocycles. The topological polar surface area (TPSA) is 76.1 Å². The Hall–Kier alpha value is -3.31. The lowest BCUT2D eigenvalue weighted by Crippen LogP contribution is -2.57. The van der Waals surface area contributed by atoms with E-state index in [1.54, 1.807) is 25.1 Å². The van der Waals surface area contributed by atoms with Crippen LogP contribution in [0.15, 0.2) is 42.5 Å². The highest BCUT2D eigenvalue weighted by Crippen LogP contribution is 2.61. The third kappa shape index (κ3) is 3.14. The van der Waals surface area contributed by atoms with E-state index in [9.17, 15) is 27.9 Å². The summed E-state index contributed by atoms with van der Waals surface area (Å²) in [7, 11) is 0. The molecule has 1 unspecified atom stereocenters.